The molecule has 1 aromatic rings. The lowest BCUT2D eigenvalue weighted by Crippen LogP contribution is -2.15. The lowest BCUT2D eigenvalue weighted by atomic mass is 10.1. The van der Waals surface area contributed by atoms with Gasteiger partial charge in [-0.1, -0.05) is 40.5 Å². The minimum atomic E-state index is -0.137. The fourth-order valence-corrected chi connectivity index (χ4v) is 2.36. The van der Waals surface area contributed by atoms with E-state index in [9.17, 15) is 4.79 Å². The fraction of sp³-hybridized carbons (Fsp3) is 0.417. The zero-order valence-corrected chi connectivity index (χ0v) is 11.6. The highest BCUT2D eigenvalue weighted by atomic mass is 79.9. The van der Waals surface area contributed by atoms with Crippen molar-refractivity contribution in [1.29, 1.82) is 0 Å². The third-order valence-electron chi connectivity index (χ3n) is 2.33. The Hall–Kier alpha value is -0.540. The van der Waals surface area contributed by atoms with Gasteiger partial charge in [0.05, 0.1) is 17.0 Å². The minimum absolute atomic E-state index is 0.137. The minimum Gasteiger partial charge on any atom is -0.495 e. The maximum atomic E-state index is 11.4. The average Bonchev–Trinajstić information content (AvgIpc) is 2.28. The third kappa shape index (κ3) is 3.49. The Morgan fingerprint density at radius 2 is 2.25 bits per heavy atom. The number of halogens is 2. The van der Waals surface area contributed by atoms with Gasteiger partial charge in [-0.3, -0.25) is 4.79 Å². The van der Waals surface area contributed by atoms with Crippen LogP contribution in [0.15, 0.2) is 18.2 Å². The zero-order chi connectivity index (χ0) is 12.1. The Labute approximate surface area is 109 Å². The molecule has 0 spiro atoms. The van der Waals surface area contributed by atoms with Gasteiger partial charge in [-0.2, -0.15) is 0 Å². The molecule has 1 atom stereocenters. The van der Waals surface area contributed by atoms with E-state index < -0.39 is 0 Å². The summed E-state index contributed by atoms with van der Waals surface area (Å²) in [5.41, 5.74) is 1.02. The molecule has 88 valence electrons. The summed E-state index contributed by atoms with van der Waals surface area (Å²) in [4.78, 5) is 11.3. The first kappa shape index (κ1) is 13.5. The molecule has 1 rings (SSSR count). The van der Waals surface area contributed by atoms with Crippen molar-refractivity contribution in [3.05, 3.63) is 28.8 Å². The van der Waals surface area contributed by atoms with Crippen molar-refractivity contribution in [2.45, 2.75) is 24.6 Å². The average molecular weight is 306 g/mol. The van der Waals surface area contributed by atoms with E-state index in [4.69, 9.17) is 16.3 Å². The molecule has 0 amide bonds. The summed E-state index contributed by atoms with van der Waals surface area (Å²) in [5, 5.41) is 0.573. The van der Waals surface area contributed by atoms with Gasteiger partial charge in [0, 0.05) is 6.42 Å². The van der Waals surface area contributed by atoms with Crippen molar-refractivity contribution in [2.24, 2.45) is 0 Å². The molecule has 0 saturated carbocycles. The number of Topliss-reactive ketones (excluding diaryl/α,β-unsaturated/α-hetero) is 1. The normalized spacial score (nSPS) is 12.2. The number of methoxy groups -OCH3 is 1. The molecule has 1 aromatic carbocycles. The van der Waals surface area contributed by atoms with E-state index in [1.165, 1.54) is 0 Å². The van der Waals surface area contributed by atoms with E-state index in [0.29, 0.717) is 23.6 Å². The van der Waals surface area contributed by atoms with Gasteiger partial charge < -0.3 is 4.74 Å². The van der Waals surface area contributed by atoms with E-state index in [1.807, 2.05) is 25.1 Å². The molecule has 0 N–H and O–H groups in total. The molecule has 2 nitrogen and oxygen atoms in total. The molecule has 0 radical (unpaired) electrons. The number of hydrogen-bond acceptors (Lipinski definition) is 2. The predicted octanol–water partition coefficient (Wildman–Crippen LogP) is 3.63. The van der Waals surface area contributed by atoms with Crippen LogP contribution in [0.2, 0.25) is 5.02 Å². The summed E-state index contributed by atoms with van der Waals surface area (Å²) in [6, 6.07) is 5.56. The topological polar surface area (TPSA) is 26.3 Å². The van der Waals surface area contributed by atoms with Crippen LogP contribution < -0.4 is 4.74 Å². The Morgan fingerprint density at radius 3 is 2.75 bits per heavy atom. The number of alkyl halides is 1. The van der Waals surface area contributed by atoms with Crippen LogP contribution in [0.25, 0.3) is 0 Å². The number of benzene rings is 1. The molecule has 0 bridgehead atoms. The van der Waals surface area contributed by atoms with Crippen molar-refractivity contribution >= 4 is 33.3 Å². The summed E-state index contributed by atoms with van der Waals surface area (Å²) in [7, 11) is 1.58. The predicted molar refractivity (Wildman–Crippen MR) is 69.7 cm³/mol. The summed E-state index contributed by atoms with van der Waals surface area (Å²) >= 11 is 9.38. The number of ether oxygens (including phenoxy) is 1. The first-order valence-corrected chi connectivity index (χ1v) is 6.37. The number of carbonyl (C=O) groups is 1. The molecular weight excluding hydrogens is 291 g/mol. The van der Waals surface area contributed by atoms with Crippen LogP contribution >= 0.6 is 27.5 Å². The van der Waals surface area contributed by atoms with Crippen LogP contribution in [0, 0.1) is 0 Å². The Kier molecular flexibility index (Phi) is 5.29. The second-order valence-corrected chi connectivity index (χ2v) is 4.97. The first-order chi connectivity index (χ1) is 7.58. The molecule has 0 aliphatic carbocycles. The molecule has 0 heterocycles. The van der Waals surface area contributed by atoms with Crippen molar-refractivity contribution in [1.82, 2.24) is 0 Å². The van der Waals surface area contributed by atoms with Crippen molar-refractivity contribution in [3.8, 4) is 5.75 Å². The van der Waals surface area contributed by atoms with Crippen molar-refractivity contribution < 1.29 is 9.53 Å². The smallest absolute Gasteiger partial charge is 0.146 e. The molecular formula is C12H14BrClO2. The van der Waals surface area contributed by atoms with Gasteiger partial charge in [-0.05, 0) is 24.1 Å². The zero-order valence-electron chi connectivity index (χ0n) is 9.30. The van der Waals surface area contributed by atoms with E-state index in [-0.39, 0.29) is 10.6 Å². The summed E-state index contributed by atoms with van der Waals surface area (Å²) in [5.74, 6) is 0.852. The van der Waals surface area contributed by atoms with Crippen LogP contribution in [0.3, 0.4) is 0 Å². The van der Waals surface area contributed by atoms with Gasteiger partial charge in [-0.25, -0.2) is 0 Å². The molecule has 0 aliphatic rings. The molecule has 0 fully saturated rings. The summed E-state index contributed by atoms with van der Waals surface area (Å²) < 4.78 is 5.06. The van der Waals surface area contributed by atoms with Gasteiger partial charge in [0.15, 0.2) is 0 Å². The highest BCUT2D eigenvalue weighted by Crippen LogP contribution is 2.26. The van der Waals surface area contributed by atoms with Crippen molar-refractivity contribution in [3.63, 3.8) is 0 Å². The largest absolute Gasteiger partial charge is 0.495 e. The Balaban J connectivity index is 2.75. The number of ketones is 1. The highest BCUT2D eigenvalue weighted by Gasteiger charge is 2.14. The second-order valence-electron chi connectivity index (χ2n) is 3.46. The van der Waals surface area contributed by atoms with Crippen LogP contribution in [0.4, 0.5) is 0 Å². The molecule has 16 heavy (non-hydrogen) atoms. The first-order valence-electron chi connectivity index (χ1n) is 5.07. The second kappa shape index (κ2) is 6.26. The number of carbonyl (C=O) groups excluding carboxylic acids is 1. The van der Waals surface area contributed by atoms with Crippen LogP contribution in [0.1, 0.15) is 18.9 Å². The summed E-state index contributed by atoms with van der Waals surface area (Å²) in [6.45, 7) is 1.86. The standard InChI is InChI=1S/C12H14BrClO2/c1-3-11(15)9(13)6-8-4-5-12(16-2)10(14)7-8/h4-5,7,9H,3,6H2,1-2H3. The van der Waals surface area contributed by atoms with E-state index in [1.54, 1.807) is 7.11 Å². The third-order valence-corrected chi connectivity index (χ3v) is 3.46. The van der Waals surface area contributed by atoms with Gasteiger partial charge in [0.2, 0.25) is 0 Å². The Bertz CT molecular complexity index is 379. The van der Waals surface area contributed by atoms with Crippen LogP contribution in [0.5, 0.6) is 5.75 Å². The van der Waals surface area contributed by atoms with Crippen LogP contribution in [-0.2, 0) is 11.2 Å². The maximum absolute atomic E-state index is 11.4. The van der Waals surface area contributed by atoms with Gasteiger partial charge in [-0.15, -0.1) is 0 Å². The lowest BCUT2D eigenvalue weighted by Gasteiger charge is -2.09. The molecule has 0 saturated heterocycles. The quantitative estimate of drug-likeness (QED) is 0.777. The fourth-order valence-electron chi connectivity index (χ4n) is 1.38. The van der Waals surface area contributed by atoms with E-state index >= 15 is 0 Å². The molecule has 0 aromatic heterocycles. The molecule has 0 aliphatic heterocycles. The van der Waals surface area contributed by atoms with Gasteiger partial charge in [0.1, 0.15) is 11.5 Å². The highest BCUT2D eigenvalue weighted by molar-refractivity contribution is 9.10. The van der Waals surface area contributed by atoms with E-state index in [0.717, 1.165) is 5.56 Å². The van der Waals surface area contributed by atoms with Crippen molar-refractivity contribution in [2.75, 3.05) is 7.11 Å². The summed E-state index contributed by atoms with van der Waals surface area (Å²) in [6.07, 6.45) is 1.19. The number of hydrogen-bond donors (Lipinski definition) is 0. The van der Waals surface area contributed by atoms with Gasteiger partial charge >= 0.3 is 0 Å². The monoisotopic (exact) mass is 304 g/mol. The maximum Gasteiger partial charge on any atom is 0.146 e. The van der Waals surface area contributed by atoms with E-state index in [2.05, 4.69) is 15.9 Å². The van der Waals surface area contributed by atoms with Gasteiger partial charge in [0.25, 0.3) is 0 Å². The number of rotatable bonds is 5. The molecule has 1 unspecified atom stereocenters. The Morgan fingerprint density at radius 1 is 1.56 bits per heavy atom. The van der Waals surface area contributed by atoms with Crippen LogP contribution in [-0.4, -0.2) is 17.7 Å². The molecule has 4 heteroatoms. The SMILES string of the molecule is CCC(=O)C(Br)Cc1ccc(OC)c(Cl)c1. The lowest BCUT2D eigenvalue weighted by molar-refractivity contribution is -0.118.